The van der Waals surface area contributed by atoms with E-state index in [0.29, 0.717) is 11.1 Å². The summed E-state index contributed by atoms with van der Waals surface area (Å²) in [5.74, 6) is -0.533. The molecule has 0 saturated heterocycles. The Balaban J connectivity index is 1.99. The van der Waals surface area contributed by atoms with Gasteiger partial charge in [-0.15, -0.1) is 0 Å². The molecule has 22 heavy (non-hydrogen) atoms. The lowest BCUT2D eigenvalue weighted by molar-refractivity contribution is -0.384. The van der Waals surface area contributed by atoms with E-state index in [1.54, 1.807) is 37.4 Å². The number of rotatable bonds is 5. The van der Waals surface area contributed by atoms with Crippen LogP contribution in [0.25, 0.3) is 0 Å². The van der Waals surface area contributed by atoms with Gasteiger partial charge in [0.2, 0.25) is 5.91 Å². The Morgan fingerprint density at radius 1 is 1.18 bits per heavy atom. The van der Waals surface area contributed by atoms with Crippen LogP contribution < -0.4 is 0 Å². The summed E-state index contributed by atoms with van der Waals surface area (Å²) >= 11 is 0. The highest BCUT2D eigenvalue weighted by Crippen LogP contribution is 2.14. The fourth-order valence-electron chi connectivity index (χ4n) is 2.02. The van der Waals surface area contributed by atoms with Crippen molar-refractivity contribution >= 4 is 11.6 Å². The van der Waals surface area contributed by atoms with Crippen molar-refractivity contribution in [3.8, 4) is 0 Å². The van der Waals surface area contributed by atoms with E-state index in [1.807, 2.05) is 0 Å². The van der Waals surface area contributed by atoms with Crippen LogP contribution in [0.1, 0.15) is 11.1 Å². The zero-order valence-electron chi connectivity index (χ0n) is 12.0. The summed E-state index contributed by atoms with van der Waals surface area (Å²) in [7, 11) is 1.60. The Bertz CT molecular complexity index is 686. The molecule has 0 N–H and O–H groups in total. The molecule has 0 aliphatic heterocycles. The lowest BCUT2D eigenvalue weighted by Gasteiger charge is -2.17. The van der Waals surface area contributed by atoms with Gasteiger partial charge in [0.15, 0.2) is 0 Å². The molecule has 0 spiro atoms. The molecule has 0 aliphatic carbocycles. The first-order chi connectivity index (χ1) is 10.5. The standard InChI is InChI=1S/C16H15FN2O3/c1-18(11-13-4-2-3-5-15(13)17)16(20)10-12-6-8-14(9-7-12)19(21)22/h2-9H,10-11H2,1H3. The predicted molar refractivity (Wildman–Crippen MR) is 79.7 cm³/mol. The number of halogens is 1. The van der Waals surface area contributed by atoms with E-state index in [1.165, 1.54) is 23.1 Å². The SMILES string of the molecule is CN(Cc1ccccc1F)C(=O)Cc1ccc([N+](=O)[O-])cc1. The second kappa shape index (κ2) is 6.80. The topological polar surface area (TPSA) is 63.5 Å². The number of nitro benzene ring substituents is 1. The van der Waals surface area contributed by atoms with Crippen LogP contribution in [0, 0.1) is 15.9 Å². The molecule has 2 aromatic carbocycles. The Morgan fingerprint density at radius 3 is 2.41 bits per heavy atom. The van der Waals surface area contributed by atoms with E-state index in [4.69, 9.17) is 0 Å². The molecule has 0 aliphatic rings. The van der Waals surface area contributed by atoms with Crippen molar-refractivity contribution < 1.29 is 14.1 Å². The van der Waals surface area contributed by atoms with Crippen LogP contribution >= 0.6 is 0 Å². The van der Waals surface area contributed by atoms with Crippen LogP contribution in [0.4, 0.5) is 10.1 Å². The van der Waals surface area contributed by atoms with Gasteiger partial charge in [-0.25, -0.2) is 4.39 Å². The summed E-state index contributed by atoms with van der Waals surface area (Å²) in [6.45, 7) is 0.179. The molecular weight excluding hydrogens is 287 g/mol. The molecule has 0 bridgehead atoms. The summed E-state index contributed by atoms with van der Waals surface area (Å²) < 4.78 is 13.6. The molecule has 0 radical (unpaired) electrons. The summed E-state index contributed by atoms with van der Waals surface area (Å²) in [4.78, 5) is 23.6. The Labute approximate surface area is 127 Å². The summed E-state index contributed by atoms with van der Waals surface area (Å²) in [6.07, 6.45) is 0.114. The largest absolute Gasteiger partial charge is 0.341 e. The van der Waals surface area contributed by atoms with E-state index in [0.717, 1.165) is 0 Å². The van der Waals surface area contributed by atoms with Gasteiger partial charge in [0.05, 0.1) is 11.3 Å². The number of hydrogen-bond donors (Lipinski definition) is 0. The minimum Gasteiger partial charge on any atom is -0.341 e. The average Bonchev–Trinajstić information content (AvgIpc) is 2.50. The van der Waals surface area contributed by atoms with Crippen LogP contribution in [0.2, 0.25) is 0 Å². The third-order valence-corrected chi connectivity index (χ3v) is 3.29. The van der Waals surface area contributed by atoms with Crippen molar-refractivity contribution in [2.24, 2.45) is 0 Å². The molecule has 0 fully saturated rings. The zero-order chi connectivity index (χ0) is 16.1. The number of amides is 1. The number of carbonyl (C=O) groups is 1. The van der Waals surface area contributed by atoms with E-state index in [9.17, 15) is 19.3 Å². The van der Waals surface area contributed by atoms with Gasteiger partial charge in [-0.2, -0.15) is 0 Å². The Kier molecular flexibility index (Phi) is 4.83. The van der Waals surface area contributed by atoms with Crippen LogP contribution in [0.5, 0.6) is 0 Å². The quantitative estimate of drug-likeness (QED) is 0.630. The second-order valence-electron chi connectivity index (χ2n) is 4.94. The molecular formula is C16H15FN2O3. The van der Waals surface area contributed by atoms with Crippen molar-refractivity contribution in [1.29, 1.82) is 0 Å². The van der Waals surface area contributed by atoms with Crippen molar-refractivity contribution in [1.82, 2.24) is 4.90 Å². The molecule has 0 unspecified atom stereocenters. The van der Waals surface area contributed by atoms with E-state index in [2.05, 4.69) is 0 Å². The lowest BCUT2D eigenvalue weighted by Crippen LogP contribution is -2.28. The molecule has 5 nitrogen and oxygen atoms in total. The van der Waals surface area contributed by atoms with E-state index >= 15 is 0 Å². The number of likely N-dealkylation sites (N-methyl/N-ethyl adjacent to an activating group) is 1. The first-order valence-electron chi connectivity index (χ1n) is 6.68. The molecule has 114 valence electrons. The minimum atomic E-state index is -0.490. The second-order valence-corrected chi connectivity index (χ2v) is 4.94. The highest BCUT2D eigenvalue weighted by atomic mass is 19.1. The van der Waals surface area contributed by atoms with Crippen LogP contribution in [0.15, 0.2) is 48.5 Å². The summed E-state index contributed by atoms with van der Waals surface area (Å²) in [6, 6.07) is 12.1. The maximum Gasteiger partial charge on any atom is 0.269 e. The first-order valence-corrected chi connectivity index (χ1v) is 6.68. The van der Waals surface area contributed by atoms with Gasteiger partial charge in [-0.05, 0) is 11.6 Å². The van der Waals surface area contributed by atoms with Crippen molar-refractivity contribution in [3.63, 3.8) is 0 Å². The zero-order valence-corrected chi connectivity index (χ0v) is 12.0. The predicted octanol–water partition coefficient (Wildman–Crippen LogP) is 2.94. The number of hydrogen-bond acceptors (Lipinski definition) is 3. The summed E-state index contributed by atoms with van der Waals surface area (Å²) in [5, 5.41) is 10.6. The Morgan fingerprint density at radius 2 is 1.82 bits per heavy atom. The maximum absolute atomic E-state index is 13.6. The minimum absolute atomic E-state index is 0.0177. The number of benzene rings is 2. The molecule has 0 atom stereocenters. The van der Waals surface area contributed by atoms with Gasteiger partial charge in [0.25, 0.3) is 5.69 Å². The van der Waals surface area contributed by atoms with Gasteiger partial charge < -0.3 is 4.90 Å². The van der Waals surface area contributed by atoms with Gasteiger partial charge in [-0.1, -0.05) is 30.3 Å². The molecule has 0 saturated carbocycles. The number of nitro groups is 1. The van der Waals surface area contributed by atoms with Gasteiger partial charge in [-0.3, -0.25) is 14.9 Å². The monoisotopic (exact) mass is 302 g/mol. The highest BCUT2D eigenvalue weighted by Gasteiger charge is 2.13. The van der Waals surface area contributed by atoms with Gasteiger partial charge in [0.1, 0.15) is 5.82 Å². The molecule has 1 amide bonds. The van der Waals surface area contributed by atoms with Crippen molar-refractivity contribution in [2.45, 2.75) is 13.0 Å². The van der Waals surface area contributed by atoms with Gasteiger partial charge >= 0.3 is 0 Å². The maximum atomic E-state index is 13.6. The smallest absolute Gasteiger partial charge is 0.269 e. The van der Waals surface area contributed by atoms with Crippen LogP contribution in [0.3, 0.4) is 0 Å². The summed E-state index contributed by atoms with van der Waals surface area (Å²) in [5.41, 5.74) is 1.11. The molecule has 0 aromatic heterocycles. The molecule has 6 heteroatoms. The van der Waals surface area contributed by atoms with Gasteiger partial charge in [0, 0.05) is 31.3 Å². The number of nitrogens with zero attached hydrogens (tertiary/aromatic N) is 2. The van der Waals surface area contributed by atoms with Crippen LogP contribution in [-0.2, 0) is 17.8 Å². The highest BCUT2D eigenvalue weighted by molar-refractivity contribution is 5.78. The third kappa shape index (κ3) is 3.88. The van der Waals surface area contributed by atoms with Crippen LogP contribution in [-0.4, -0.2) is 22.8 Å². The fourth-order valence-corrected chi connectivity index (χ4v) is 2.02. The molecule has 2 aromatic rings. The fraction of sp³-hybridized carbons (Fsp3) is 0.188. The first kappa shape index (κ1) is 15.6. The molecule has 2 rings (SSSR count). The lowest BCUT2D eigenvalue weighted by atomic mass is 10.1. The molecule has 0 heterocycles. The van der Waals surface area contributed by atoms with Crippen molar-refractivity contribution in [3.05, 3.63) is 75.6 Å². The number of non-ortho nitro benzene ring substituents is 1. The average molecular weight is 302 g/mol. The Hall–Kier alpha value is -2.76. The number of carbonyl (C=O) groups excluding carboxylic acids is 1. The third-order valence-electron chi connectivity index (χ3n) is 3.29. The van der Waals surface area contributed by atoms with E-state index in [-0.39, 0.29) is 30.4 Å². The van der Waals surface area contributed by atoms with Crippen molar-refractivity contribution in [2.75, 3.05) is 7.05 Å². The normalized spacial score (nSPS) is 10.3. The van der Waals surface area contributed by atoms with E-state index < -0.39 is 4.92 Å².